The third kappa shape index (κ3) is 7.21. The number of carbonyl (C=O) groups excluding carboxylic acids is 2. The molecule has 0 unspecified atom stereocenters. The molecule has 0 aliphatic carbocycles. The molecule has 7 nitrogen and oxygen atoms in total. The number of thioether (sulfide) groups is 1. The Bertz CT molecular complexity index is 1050. The number of ether oxygens (including phenoxy) is 1. The highest BCUT2D eigenvalue weighted by Crippen LogP contribution is 2.29. The molecule has 1 saturated heterocycles. The molecule has 1 amide bonds. The van der Waals surface area contributed by atoms with E-state index in [0.717, 1.165) is 48.2 Å². The van der Waals surface area contributed by atoms with Crippen LogP contribution in [0.3, 0.4) is 0 Å². The smallest absolute Gasteiger partial charge is 0.310 e. The number of nitrogens with zero attached hydrogens (tertiary/aromatic N) is 4. The van der Waals surface area contributed by atoms with Gasteiger partial charge in [-0.1, -0.05) is 44.7 Å². The molecule has 2 aromatic rings. The van der Waals surface area contributed by atoms with E-state index in [0.29, 0.717) is 31.0 Å². The lowest BCUT2D eigenvalue weighted by Crippen LogP contribution is -2.42. The van der Waals surface area contributed by atoms with Crippen LogP contribution in [0.1, 0.15) is 76.0 Å². The van der Waals surface area contributed by atoms with Gasteiger partial charge < -0.3 is 14.5 Å². The molecule has 0 N–H and O–H groups in total. The number of rotatable bonds is 9. The van der Waals surface area contributed by atoms with E-state index < -0.39 is 0 Å². The van der Waals surface area contributed by atoms with Gasteiger partial charge in [0.1, 0.15) is 5.82 Å². The molecule has 0 radical (unpaired) electrons. The van der Waals surface area contributed by atoms with Crippen molar-refractivity contribution in [1.29, 1.82) is 0 Å². The van der Waals surface area contributed by atoms with Crippen LogP contribution in [-0.4, -0.2) is 59.5 Å². The molecule has 8 heteroatoms. The maximum absolute atomic E-state index is 13.2. The summed E-state index contributed by atoms with van der Waals surface area (Å²) in [4.78, 5) is 39.1. The maximum Gasteiger partial charge on any atom is 0.310 e. The molecule has 0 saturated carbocycles. The predicted molar refractivity (Wildman–Crippen MR) is 146 cm³/mol. The molecule has 3 rings (SSSR count). The van der Waals surface area contributed by atoms with Gasteiger partial charge in [-0.05, 0) is 51.3 Å². The zero-order valence-electron chi connectivity index (χ0n) is 22.5. The van der Waals surface area contributed by atoms with E-state index in [1.807, 2.05) is 31.2 Å². The highest BCUT2D eigenvalue weighted by molar-refractivity contribution is 7.98. The third-order valence-corrected chi connectivity index (χ3v) is 7.34. The molecular weight excluding hydrogens is 472 g/mol. The summed E-state index contributed by atoms with van der Waals surface area (Å²) in [5.74, 6) is 1.13. The van der Waals surface area contributed by atoms with Crippen molar-refractivity contribution in [2.75, 3.05) is 37.7 Å². The van der Waals surface area contributed by atoms with E-state index >= 15 is 0 Å². The van der Waals surface area contributed by atoms with Crippen LogP contribution in [0.2, 0.25) is 0 Å². The van der Waals surface area contributed by atoms with Crippen molar-refractivity contribution in [3.05, 3.63) is 47.2 Å². The van der Waals surface area contributed by atoms with Crippen molar-refractivity contribution in [2.24, 2.45) is 5.92 Å². The van der Waals surface area contributed by atoms with Crippen LogP contribution in [0.5, 0.6) is 0 Å². The molecule has 1 aromatic carbocycles. The highest BCUT2D eigenvalue weighted by Gasteiger charge is 2.30. The summed E-state index contributed by atoms with van der Waals surface area (Å²) >= 11 is 1.59. The number of hydrogen-bond acceptors (Lipinski definition) is 7. The van der Waals surface area contributed by atoms with Crippen LogP contribution in [0.15, 0.2) is 35.5 Å². The predicted octanol–water partition coefficient (Wildman–Crippen LogP) is 5.33. The van der Waals surface area contributed by atoms with Gasteiger partial charge in [-0.3, -0.25) is 9.59 Å². The second-order valence-electron chi connectivity index (χ2n) is 10.1. The molecule has 36 heavy (non-hydrogen) atoms. The monoisotopic (exact) mass is 512 g/mol. The Morgan fingerprint density at radius 2 is 1.89 bits per heavy atom. The second kappa shape index (κ2) is 12.6. The van der Waals surface area contributed by atoms with Gasteiger partial charge in [0.25, 0.3) is 5.91 Å². The van der Waals surface area contributed by atoms with Crippen molar-refractivity contribution in [1.82, 2.24) is 14.9 Å². The standard InChI is InChI=1S/C28H40N4O3S/c1-7-31(8-2)24-17-23(28(4,5)6)29-27(30-24)36-19-20-12-10-13-21(16-20)25(33)32-15-11-14-22(18-32)26(34)35-9-3/h10,12-13,16-17,22H,7-9,11,14-15,18-19H2,1-6H3/t22-/m1/s1. The first-order valence-corrected chi connectivity index (χ1v) is 14.0. The maximum atomic E-state index is 13.2. The normalized spacial score (nSPS) is 16.1. The quantitative estimate of drug-likeness (QED) is 0.255. The molecular formula is C28H40N4O3S. The number of hydrogen-bond donors (Lipinski definition) is 0. The van der Waals surface area contributed by atoms with Crippen LogP contribution in [0, 0.1) is 5.92 Å². The highest BCUT2D eigenvalue weighted by atomic mass is 32.2. The Labute approximate surface area is 220 Å². The van der Waals surface area contributed by atoms with E-state index in [1.54, 1.807) is 16.7 Å². The molecule has 1 aliphatic rings. The van der Waals surface area contributed by atoms with E-state index in [9.17, 15) is 9.59 Å². The number of amides is 1. The number of anilines is 1. The molecule has 196 valence electrons. The van der Waals surface area contributed by atoms with Crippen LogP contribution in [0.4, 0.5) is 5.82 Å². The third-order valence-electron chi connectivity index (χ3n) is 6.42. The van der Waals surface area contributed by atoms with Gasteiger partial charge >= 0.3 is 5.97 Å². The van der Waals surface area contributed by atoms with Crippen molar-refractivity contribution in [3.63, 3.8) is 0 Å². The van der Waals surface area contributed by atoms with Crippen molar-refractivity contribution in [2.45, 2.75) is 70.7 Å². The Hall–Kier alpha value is -2.61. The van der Waals surface area contributed by atoms with E-state index in [2.05, 4.69) is 45.6 Å². The number of benzene rings is 1. The fourth-order valence-electron chi connectivity index (χ4n) is 4.31. The van der Waals surface area contributed by atoms with Crippen LogP contribution >= 0.6 is 11.8 Å². The minimum absolute atomic E-state index is 0.0364. The number of aromatic nitrogens is 2. The number of likely N-dealkylation sites (tertiary alicyclic amines) is 1. The summed E-state index contributed by atoms with van der Waals surface area (Å²) in [6, 6.07) is 9.84. The van der Waals surface area contributed by atoms with E-state index in [1.165, 1.54) is 0 Å². The van der Waals surface area contributed by atoms with Gasteiger partial charge in [-0.15, -0.1) is 0 Å². The first-order valence-electron chi connectivity index (χ1n) is 13.0. The topological polar surface area (TPSA) is 75.6 Å². The van der Waals surface area contributed by atoms with E-state index in [4.69, 9.17) is 14.7 Å². The fraction of sp³-hybridized carbons (Fsp3) is 0.571. The summed E-state index contributed by atoms with van der Waals surface area (Å²) in [5, 5.41) is 0.745. The molecule has 2 heterocycles. The zero-order chi connectivity index (χ0) is 26.3. The molecule has 1 fully saturated rings. The summed E-state index contributed by atoms with van der Waals surface area (Å²) in [5.41, 5.74) is 2.62. The molecule has 1 atom stereocenters. The lowest BCUT2D eigenvalue weighted by atomic mass is 9.92. The Balaban J connectivity index is 1.73. The van der Waals surface area contributed by atoms with Crippen LogP contribution in [0.25, 0.3) is 0 Å². The number of carbonyl (C=O) groups is 2. The summed E-state index contributed by atoms with van der Waals surface area (Å²) in [6.45, 7) is 15.8. The Morgan fingerprint density at radius 3 is 2.56 bits per heavy atom. The Kier molecular flexibility index (Phi) is 9.77. The molecule has 1 aromatic heterocycles. The fourth-order valence-corrected chi connectivity index (χ4v) is 5.11. The summed E-state index contributed by atoms with van der Waals surface area (Å²) in [6.07, 6.45) is 1.57. The number of esters is 1. The summed E-state index contributed by atoms with van der Waals surface area (Å²) in [7, 11) is 0. The van der Waals surface area contributed by atoms with Crippen LogP contribution < -0.4 is 4.90 Å². The lowest BCUT2D eigenvalue weighted by molar-refractivity contribution is -0.149. The SMILES string of the molecule is CCOC(=O)[C@@H]1CCCN(C(=O)c2cccc(CSc3nc(N(CC)CC)cc(C(C)(C)C)n3)c2)C1. The molecule has 0 bridgehead atoms. The average molecular weight is 513 g/mol. The molecule has 0 spiro atoms. The average Bonchev–Trinajstić information content (AvgIpc) is 2.87. The van der Waals surface area contributed by atoms with Crippen molar-refractivity contribution < 1.29 is 14.3 Å². The largest absolute Gasteiger partial charge is 0.466 e. The van der Waals surface area contributed by atoms with Gasteiger partial charge in [0.2, 0.25) is 0 Å². The minimum atomic E-state index is -0.242. The second-order valence-corrected chi connectivity index (χ2v) is 11.1. The van der Waals surface area contributed by atoms with Crippen molar-refractivity contribution >= 4 is 29.5 Å². The lowest BCUT2D eigenvalue weighted by Gasteiger charge is -2.31. The van der Waals surface area contributed by atoms with Gasteiger partial charge in [0.05, 0.1) is 18.2 Å². The van der Waals surface area contributed by atoms with Gasteiger partial charge in [0, 0.05) is 49.0 Å². The van der Waals surface area contributed by atoms with Gasteiger partial charge in [0.15, 0.2) is 5.16 Å². The van der Waals surface area contributed by atoms with Crippen molar-refractivity contribution in [3.8, 4) is 0 Å². The zero-order valence-corrected chi connectivity index (χ0v) is 23.4. The first kappa shape index (κ1) is 28.0. The molecule has 1 aliphatic heterocycles. The Morgan fingerprint density at radius 1 is 1.14 bits per heavy atom. The summed E-state index contributed by atoms with van der Waals surface area (Å²) < 4.78 is 5.18. The van der Waals surface area contributed by atoms with Gasteiger partial charge in [-0.2, -0.15) is 0 Å². The van der Waals surface area contributed by atoms with E-state index in [-0.39, 0.29) is 23.2 Å². The number of piperidine rings is 1. The van der Waals surface area contributed by atoms with Gasteiger partial charge in [-0.25, -0.2) is 9.97 Å². The van der Waals surface area contributed by atoms with Crippen LogP contribution in [-0.2, 0) is 20.7 Å². The first-order chi connectivity index (χ1) is 17.2. The minimum Gasteiger partial charge on any atom is -0.466 e.